The molecule has 0 bridgehead atoms. The number of rotatable bonds is 6. The van der Waals surface area contributed by atoms with Crippen molar-refractivity contribution in [3.8, 4) is 0 Å². The molecule has 4 rings (SSSR count). The lowest BCUT2D eigenvalue weighted by Crippen LogP contribution is -2.31. The Morgan fingerprint density at radius 1 is 0.800 bits per heavy atom. The Morgan fingerprint density at radius 3 is 2.10 bits per heavy atom. The second-order valence-electron chi connectivity index (χ2n) is 7.37. The van der Waals surface area contributed by atoms with E-state index in [2.05, 4.69) is 62.4 Å². The summed E-state index contributed by atoms with van der Waals surface area (Å²) >= 11 is 1.65. The van der Waals surface area contributed by atoms with Gasteiger partial charge in [-0.1, -0.05) is 54.6 Å². The molecule has 150 valence electrons. The molecule has 0 spiro atoms. The van der Waals surface area contributed by atoms with Crippen LogP contribution in [0.5, 0.6) is 0 Å². The first-order valence-corrected chi connectivity index (χ1v) is 11.0. The van der Waals surface area contributed by atoms with Gasteiger partial charge in [-0.25, -0.2) is 0 Å². The molecule has 0 fully saturated rings. The molecule has 1 heterocycles. The Hall–Kier alpha value is -3.11. The number of carbonyl (C=O) groups is 2. The molecule has 0 N–H and O–H groups in total. The van der Waals surface area contributed by atoms with Gasteiger partial charge in [-0.3, -0.25) is 14.5 Å². The summed E-state index contributed by atoms with van der Waals surface area (Å²) in [5, 5.41) is 0. The maximum Gasteiger partial charge on any atom is 0.261 e. The summed E-state index contributed by atoms with van der Waals surface area (Å²) in [6.45, 7) is 4.65. The highest BCUT2D eigenvalue weighted by Crippen LogP contribution is 2.25. The van der Waals surface area contributed by atoms with Crippen LogP contribution in [-0.2, 0) is 0 Å². The van der Waals surface area contributed by atoms with Crippen molar-refractivity contribution in [2.75, 3.05) is 12.3 Å². The fourth-order valence-electron chi connectivity index (χ4n) is 3.67. The molecule has 0 saturated carbocycles. The largest absolute Gasteiger partial charge is 0.273 e. The molecular weight excluding hydrogens is 390 g/mol. The molecule has 4 heteroatoms. The average molecular weight is 414 g/mol. The molecule has 0 atom stereocenters. The van der Waals surface area contributed by atoms with Crippen molar-refractivity contribution in [1.29, 1.82) is 0 Å². The van der Waals surface area contributed by atoms with Crippen LogP contribution in [0.3, 0.4) is 0 Å². The van der Waals surface area contributed by atoms with Crippen molar-refractivity contribution in [3.05, 3.63) is 100 Å². The third kappa shape index (κ3) is 4.10. The zero-order valence-electron chi connectivity index (χ0n) is 17.1. The first-order valence-electron chi connectivity index (χ1n) is 9.97. The van der Waals surface area contributed by atoms with Gasteiger partial charge in [-0.05, 0) is 60.4 Å². The Kier molecular flexibility index (Phi) is 5.86. The minimum absolute atomic E-state index is 0.193. The minimum Gasteiger partial charge on any atom is -0.273 e. The summed E-state index contributed by atoms with van der Waals surface area (Å²) < 4.78 is 0. The summed E-state index contributed by atoms with van der Waals surface area (Å²) in [5.41, 5.74) is 5.91. The monoisotopic (exact) mass is 413 g/mol. The first-order chi connectivity index (χ1) is 14.5. The lowest BCUT2D eigenvalue weighted by atomic mass is 10.0. The topological polar surface area (TPSA) is 37.4 Å². The molecule has 0 radical (unpaired) electrons. The van der Waals surface area contributed by atoms with Crippen molar-refractivity contribution in [2.24, 2.45) is 0 Å². The van der Waals surface area contributed by atoms with E-state index in [1.165, 1.54) is 21.6 Å². The maximum absolute atomic E-state index is 12.5. The normalized spacial score (nSPS) is 13.3. The zero-order chi connectivity index (χ0) is 21.1. The van der Waals surface area contributed by atoms with Gasteiger partial charge in [0, 0.05) is 17.2 Å². The van der Waals surface area contributed by atoms with Gasteiger partial charge in [0.15, 0.2) is 0 Å². The summed E-state index contributed by atoms with van der Waals surface area (Å²) in [7, 11) is 0. The van der Waals surface area contributed by atoms with Crippen LogP contribution in [0, 0.1) is 13.8 Å². The van der Waals surface area contributed by atoms with Gasteiger partial charge in [-0.15, -0.1) is 11.8 Å². The van der Waals surface area contributed by atoms with Crippen LogP contribution in [-0.4, -0.2) is 29.0 Å². The van der Waals surface area contributed by atoms with Crippen molar-refractivity contribution in [2.45, 2.75) is 18.7 Å². The fraction of sp³-hybridized carbons (Fsp3) is 0.154. The predicted molar refractivity (Wildman–Crippen MR) is 124 cm³/mol. The SMILES string of the molecule is Cc1cccc(C)c1C=Cc1cccc(SCCN2C(=O)c3ccccc3C2=O)c1. The molecule has 0 aromatic heterocycles. The molecule has 3 aromatic carbocycles. The highest BCUT2D eigenvalue weighted by molar-refractivity contribution is 7.99. The third-order valence-corrected chi connectivity index (χ3v) is 6.28. The molecule has 1 aliphatic rings. The Labute approximate surface area is 181 Å². The lowest BCUT2D eigenvalue weighted by Gasteiger charge is -2.13. The highest BCUT2D eigenvalue weighted by Gasteiger charge is 2.34. The maximum atomic E-state index is 12.5. The number of imide groups is 1. The van der Waals surface area contributed by atoms with Crippen molar-refractivity contribution in [3.63, 3.8) is 0 Å². The average Bonchev–Trinajstić information content (AvgIpc) is 2.99. The van der Waals surface area contributed by atoms with Crippen LogP contribution in [0.1, 0.15) is 43.0 Å². The van der Waals surface area contributed by atoms with Gasteiger partial charge < -0.3 is 0 Å². The van der Waals surface area contributed by atoms with Crippen LogP contribution in [0.15, 0.2) is 71.6 Å². The number of aryl methyl sites for hydroxylation is 2. The number of fused-ring (bicyclic) bond motifs is 1. The molecule has 30 heavy (non-hydrogen) atoms. The number of nitrogens with zero attached hydrogens (tertiary/aromatic N) is 1. The van der Waals surface area contributed by atoms with E-state index in [1.807, 2.05) is 6.07 Å². The van der Waals surface area contributed by atoms with E-state index in [-0.39, 0.29) is 11.8 Å². The Morgan fingerprint density at radius 2 is 1.43 bits per heavy atom. The smallest absolute Gasteiger partial charge is 0.261 e. The van der Waals surface area contributed by atoms with Crippen LogP contribution >= 0.6 is 11.8 Å². The van der Waals surface area contributed by atoms with Gasteiger partial charge in [0.2, 0.25) is 0 Å². The van der Waals surface area contributed by atoms with Gasteiger partial charge in [-0.2, -0.15) is 0 Å². The van der Waals surface area contributed by atoms with E-state index < -0.39 is 0 Å². The van der Waals surface area contributed by atoms with Crippen molar-refractivity contribution in [1.82, 2.24) is 4.90 Å². The summed E-state index contributed by atoms with van der Waals surface area (Å²) in [6.07, 6.45) is 4.29. The third-order valence-electron chi connectivity index (χ3n) is 5.30. The zero-order valence-corrected chi connectivity index (χ0v) is 17.9. The first kappa shape index (κ1) is 20.2. The van der Waals surface area contributed by atoms with Gasteiger partial charge in [0.25, 0.3) is 11.8 Å². The van der Waals surface area contributed by atoms with E-state index >= 15 is 0 Å². The Balaban J connectivity index is 1.39. The highest BCUT2D eigenvalue weighted by atomic mass is 32.2. The fourth-order valence-corrected chi connectivity index (χ4v) is 4.58. The number of carbonyl (C=O) groups excluding carboxylic acids is 2. The quantitative estimate of drug-likeness (QED) is 0.288. The molecule has 0 aliphatic carbocycles. The van der Waals surface area contributed by atoms with Gasteiger partial charge >= 0.3 is 0 Å². The van der Waals surface area contributed by atoms with Gasteiger partial charge in [0.05, 0.1) is 11.1 Å². The predicted octanol–water partition coefficient (Wildman–Crippen LogP) is 5.86. The minimum atomic E-state index is -0.193. The van der Waals surface area contributed by atoms with Crippen LogP contribution < -0.4 is 0 Å². The number of thioether (sulfide) groups is 1. The van der Waals surface area contributed by atoms with Crippen molar-refractivity contribution >= 4 is 35.7 Å². The van der Waals surface area contributed by atoms with E-state index in [0.717, 1.165) is 10.5 Å². The molecule has 3 aromatic rings. The van der Waals surface area contributed by atoms with Crippen LogP contribution in [0.25, 0.3) is 12.2 Å². The number of amides is 2. The number of benzene rings is 3. The number of hydrogen-bond acceptors (Lipinski definition) is 3. The van der Waals surface area contributed by atoms with Crippen molar-refractivity contribution < 1.29 is 9.59 Å². The van der Waals surface area contributed by atoms with E-state index in [1.54, 1.807) is 36.0 Å². The molecule has 0 saturated heterocycles. The molecule has 2 amide bonds. The second-order valence-corrected chi connectivity index (χ2v) is 8.54. The standard InChI is InChI=1S/C26H23NO2S/c1-18-7-5-8-19(2)22(18)14-13-20-9-6-10-21(17-20)30-16-15-27-25(28)23-11-3-4-12-24(23)26(27)29/h3-14,17H,15-16H2,1-2H3. The van der Waals surface area contributed by atoms with E-state index in [4.69, 9.17) is 0 Å². The lowest BCUT2D eigenvalue weighted by molar-refractivity contribution is 0.0664. The summed E-state index contributed by atoms with van der Waals surface area (Å²) in [6, 6.07) is 21.7. The molecule has 3 nitrogen and oxygen atoms in total. The Bertz CT molecular complexity index is 1090. The molecular formula is C26H23NO2S. The molecule has 1 aliphatic heterocycles. The second kappa shape index (κ2) is 8.72. The van der Waals surface area contributed by atoms with Crippen LogP contribution in [0.2, 0.25) is 0 Å². The van der Waals surface area contributed by atoms with Gasteiger partial charge in [0.1, 0.15) is 0 Å². The molecule has 0 unspecified atom stereocenters. The summed E-state index contributed by atoms with van der Waals surface area (Å²) in [4.78, 5) is 27.4. The van der Waals surface area contributed by atoms with Crippen LogP contribution in [0.4, 0.5) is 0 Å². The van der Waals surface area contributed by atoms with E-state index in [9.17, 15) is 9.59 Å². The summed E-state index contributed by atoms with van der Waals surface area (Å²) in [5.74, 6) is 0.276. The van der Waals surface area contributed by atoms with E-state index in [0.29, 0.717) is 23.4 Å². The number of hydrogen-bond donors (Lipinski definition) is 0.